The second kappa shape index (κ2) is 5.77. The summed E-state index contributed by atoms with van der Waals surface area (Å²) in [6, 6.07) is 5.88. The summed E-state index contributed by atoms with van der Waals surface area (Å²) in [6.45, 7) is 1.34. The van der Waals surface area contributed by atoms with Crippen LogP contribution in [0.15, 0.2) is 24.3 Å². The molecule has 1 aromatic carbocycles. The maximum Gasteiger partial charge on any atom is 0.215 e. The first kappa shape index (κ1) is 13.5. The van der Waals surface area contributed by atoms with Gasteiger partial charge in [-0.05, 0) is 37.1 Å². The molecule has 0 radical (unpaired) electrons. The fourth-order valence-corrected chi connectivity index (χ4v) is 3.23. The molecular weight excluding hydrogens is 255 g/mol. The molecule has 1 unspecified atom stereocenters. The van der Waals surface area contributed by atoms with Gasteiger partial charge in [-0.1, -0.05) is 12.1 Å². The summed E-state index contributed by atoms with van der Waals surface area (Å²) in [7, 11) is -3.40. The van der Waals surface area contributed by atoms with E-state index in [0.717, 1.165) is 19.4 Å². The van der Waals surface area contributed by atoms with Crippen molar-refractivity contribution in [3.8, 4) is 0 Å². The average Bonchev–Trinajstić information content (AvgIpc) is 2.78. The molecule has 1 atom stereocenters. The Hall–Kier alpha value is -0.980. The van der Waals surface area contributed by atoms with Gasteiger partial charge in [0, 0.05) is 12.6 Å². The van der Waals surface area contributed by atoms with Gasteiger partial charge in [0.05, 0.1) is 5.75 Å². The Morgan fingerprint density at radius 2 is 2.28 bits per heavy atom. The Morgan fingerprint density at radius 3 is 2.94 bits per heavy atom. The molecule has 6 heteroatoms. The van der Waals surface area contributed by atoms with Gasteiger partial charge >= 0.3 is 0 Å². The Bertz CT molecular complexity index is 499. The van der Waals surface area contributed by atoms with Gasteiger partial charge < -0.3 is 5.32 Å². The van der Waals surface area contributed by atoms with E-state index in [4.69, 9.17) is 0 Å². The number of halogens is 1. The lowest BCUT2D eigenvalue weighted by molar-refractivity contribution is 0.551. The summed E-state index contributed by atoms with van der Waals surface area (Å²) >= 11 is 0. The Morgan fingerprint density at radius 1 is 1.44 bits per heavy atom. The second-order valence-corrected chi connectivity index (χ2v) is 6.34. The number of sulfonamides is 1. The molecule has 1 fully saturated rings. The second-order valence-electron chi connectivity index (χ2n) is 4.53. The van der Waals surface area contributed by atoms with E-state index in [1.165, 1.54) is 18.2 Å². The molecule has 1 aliphatic heterocycles. The lowest BCUT2D eigenvalue weighted by Gasteiger charge is -2.12. The van der Waals surface area contributed by atoms with E-state index in [1.807, 2.05) is 0 Å². The molecule has 4 nitrogen and oxygen atoms in total. The minimum Gasteiger partial charge on any atom is -0.313 e. The van der Waals surface area contributed by atoms with E-state index >= 15 is 0 Å². The number of hydrogen-bond acceptors (Lipinski definition) is 3. The minimum atomic E-state index is -3.40. The normalized spacial score (nSPS) is 20.2. The Kier molecular flexibility index (Phi) is 4.31. The molecule has 0 aliphatic carbocycles. The maximum atomic E-state index is 12.9. The van der Waals surface area contributed by atoms with E-state index < -0.39 is 15.8 Å². The van der Waals surface area contributed by atoms with E-state index in [2.05, 4.69) is 10.0 Å². The zero-order valence-electron chi connectivity index (χ0n) is 10.0. The Balaban J connectivity index is 1.90. The Labute approximate surface area is 107 Å². The van der Waals surface area contributed by atoms with Crippen molar-refractivity contribution >= 4 is 10.0 Å². The molecule has 0 spiro atoms. The lowest BCUT2D eigenvalue weighted by atomic mass is 10.2. The third-order valence-electron chi connectivity index (χ3n) is 2.96. The van der Waals surface area contributed by atoms with E-state index in [1.54, 1.807) is 6.07 Å². The fraction of sp³-hybridized carbons (Fsp3) is 0.500. The topological polar surface area (TPSA) is 58.2 Å². The van der Waals surface area contributed by atoms with Crippen LogP contribution in [0.1, 0.15) is 18.4 Å². The van der Waals surface area contributed by atoms with Crippen molar-refractivity contribution in [1.82, 2.24) is 10.0 Å². The molecule has 0 aromatic heterocycles. The molecule has 1 aliphatic rings. The first-order valence-electron chi connectivity index (χ1n) is 6.00. The number of benzene rings is 1. The molecule has 0 bridgehead atoms. The van der Waals surface area contributed by atoms with Crippen LogP contribution in [0.4, 0.5) is 4.39 Å². The van der Waals surface area contributed by atoms with Gasteiger partial charge in [-0.2, -0.15) is 0 Å². The van der Waals surface area contributed by atoms with Crippen LogP contribution < -0.4 is 10.0 Å². The SMILES string of the molecule is O=S(=O)(Cc1cccc(F)c1)NCC1CCCN1. The van der Waals surface area contributed by atoms with Crippen LogP contribution in [0.2, 0.25) is 0 Å². The van der Waals surface area contributed by atoms with Gasteiger partial charge in [0.2, 0.25) is 10.0 Å². The molecular formula is C12H17FN2O2S. The average molecular weight is 272 g/mol. The summed E-state index contributed by atoms with van der Waals surface area (Å²) < 4.78 is 39.1. The first-order valence-corrected chi connectivity index (χ1v) is 7.65. The largest absolute Gasteiger partial charge is 0.313 e. The van der Waals surface area contributed by atoms with Gasteiger partial charge in [-0.25, -0.2) is 17.5 Å². The van der Waals surface area contributed by atoms with Crippen molar-refractivity contribution in [2.45, 2.75) is 24.6 Å². The van der Waals surface area contributed by atoms with Crippen molar-refractivity contribution in [2.24, 2.45) is 0 Å². The van der Waals surface area contributed by atoms with Gasteiger partial charge in [0.15, 0.2) is 0 Å². The van der Waals surface area contributed by atoms with Crippen LogP contribution in [-0.4, -0.2) is 27.5 Å². The quantitative estimate of drug-likeness (QED) is 0.840. The molecule has 2 rings (SSSR count). The van der Waals surface area contributed by atoms with Crippen LogP contribution >= 0.6 is 0 Å². The first-order chi connectivity index (χ1) is 8.55. The van der Waals surface area contributed by atoms with Crippen LogP contribution in [0.3, 0.4) is 0 Å². The van der Waals surface area contributed by atoms with Crippen molar-refractivity contribution in [3.05, 3.63) is 35.6 Å². The fourth-order valence-electron chi connectivity index (χ4n) is 2.06. The number of rotatable bonds is 5. The third kappa shape index (κ3) is 4.04. The van der Waals surface area contributed by atoms with Crippen LogP contribution in [0.5, 0.6) is 0 Å². The predicted octanol–water partition coefficient (Wildman–Crippen LogP) is 0.997. The summed E-state index contributed by atoms with van der Waals surface area (Å²) in [5.41, 5.74) is 0.460. The van der Waals surface area contributed by atoms with E-state index in [0.29, 0.717) is 12.1 Å². The summed E-state index contributed by atoms with van der Waals surface area (Å²) in [5, 5.41) is 3.22. The molecule has 1 saturated heterocycles. The van der Waals surface area contributed by atoms with E-state index in [9.17, 15) is 12.8 Å². The highest BCUT2D eigenvalue weighted by molar-refractivity contribution is 7.88. The predicted molar refractivity (Wildman–Crippen MR) is 68.1 cm³/mol. The smallest absolute Gasteiger partial charge is 0.215 e. The number of hydrogen-bond donors (Lipinski definition) is 2. The van der Waals surface area contributed by atoms with Crippen LogP contribution in [0.25, 0.3) is 0 Å². The van der Waals surface area contributed by atoms with Gasteiger partial charge in [0.1, 0.15) is 5.82 Å². The highest BCUT2D eigenvalue weighted by Gasteiger charge is 2.18. The summed E-state index contributed by atoms with van der Waals surface area (Å²) in [6.07, 6.45) is 2.07. The molecule has 1 aromatic rings. The highest BCUT2D eigenvalue weighted by atomic mass is 32.2. The van der Waals surface area contributed by atoms with Crippen molar-refractivity contribution in [1.29, 1.82) is 0 Å². The standard InChI is InChI=1S/C12H17FN2O2S/c13-11-4-1-3-10(7-11)9-18(16,17)15-8-12-5-2-6-14-12/h1,3-4,7,12,14-15H,2,5-6,8-9H2. The molecule has 2 N–H and O–H groups in total. The number of nitrogens with one attached hydrogen (secondary N) is 2. The third-order valence-corrected chi connectivity index (χ3v) is 4.28. The van der Waals surface area contributed by atoms with Crippen LogP contribution in [-0.2, 0) is 15.8 Å². The van der Waals surface area contributed by atoms with Crippen molar-refractivity contribution < 1.29 is 12.8 Å². The molecule has 18 heavy (non-hydrogen) atoms. The van der Waals surface area contributed by atoms with Crippen molar-refractivity contribution in [3.63, 3.8) is 0 Å². The minimum absolute atomic E-state index is 0.183. The zero-order chi connectivity index (χ0) is 13.0. The zero-order valence-corrected chi connectivity index (χ0v) is 10.8. The van der Waals surface area contributed by atoms with Crippen LogP contribution in [0, 0.1) is 5.82 Å². The van der Waals surface area contributed by atoms with E-state index in [-0.39, 0.29) is 11.8 Å². The van der Waals surface area contributed by atoms with Crippen molar-refractivity contribution in [2.75, 3.05) is 13.1 Å². The summed E-state index contributed by atoms with van der Waals surface area (Å²) in [4.78, 5) is 0. The van der Waals surface area contributed by atoms with Gasteiger partial charge in [-0.15, -0.1) is 0 Å². The highest BCUT2D eigenvalue weighted by Crippen LogP contribution is 2.08. The lowest BCUT2D eigenvalue weighted by Crippen LogP contribution is -2.37. The van der Waals surface area contributed by atoms with Gasteiger partial charge in [0.25, 0.3) is 0 Å². The molecule has 100 valence electrons. The molecule has 0 amide bonds. The maximum absolute atomic E-state index is 12.9. The van der Waals surface area contributed by atoms with Gasteiger partial charge in [-0.3, -0.25) is 0 Å². The summed E-state index contributed by atoms with van der Waals surface area (Å²) in [5.74, 6) is -0.600. The molecule has 0 saturated carbocycles. The molecule has 1 heterocycles. The monoisotopic (exact) mass is 272 g/mol.